The number of rotatable bonds is 8. The minimum absolute atomic E-state index is 0.0961. The van der Waals surface area contributed by atoms with Gasteiger partial charge in [-0.2, -0.15) is 0 Å². The van der Waals surface area contributed by atoms with Gasteiger partial charge in [0.2, 0.25) is 5.89 Å². The second-order valence-electron chi connectivity index (χ2n) is 5.03. The summed E-state index contributed by atoms with van der Waals surface area (Å²) in [5.74, 6) is 1.50. The van der Waals surface area contributed by atoms with E-state index < -0.39 is 0 Å². The van der Waals surface area contributed by atoms with Crippen LogP contribution < -0.4 is 0 Å². The van der Waals surface area contributed by atoms with E-state index in [2.05, 4.69) is 18.5 Å². The number of hydrogen-bond donors (Lipinski definition) is 0. The highest BCUT2D eigenvalue weighted by molar-refractivity contribution is 6.01. The van der Waals surface area contributed by atoms with Crippen LogP contribution in [0.3, 0.4) is 0 Å². The second kappa shape index (κ2) is 7.58. The number of carbonyl (C=O) groups is 1. The van der Waals surface area contributed by atoms with Crippen LogP contribution in [-0.2, 0) is 6.42 Å². The molecular formula is C18H21NO2. The van der Waals surface area contributed by atoms with Crippen LogP contribution in [0.1, 0.15) is 48.7 Å². The van der Waals surface area contributed by atoms with E-state index in [1.165, 1.54) is 0 Å². The normalized spacial score (nSPS) is 10.5. The number of aryl methyl sites for hydroxylation is 1. The lowest BCUT2D eigenvalue weighted by Gasteiger charge is -2.04. The molecule has 0 amide bonds. The highest BCUT2D eigenvalue weighted by Gasteiger charge is 2.15. The predicted molar refractivity (Wildman–Crippen MR) is 84.3 cm³/mol. The fourth-order valence-electron chi connectivity index (χ4n) is 2.18. The van der Waals surface area contributed by atoms with Crippen molar-refractivity contribution in [1.29, 1.82) is 0 Å². The molecule has 3 heteroatoms. The molecule has 0 bridgehead atoms. The number of aromatic nitrogens is 1. The van der Waals surface area contributed by atoms with Crippen molar-refractivity contribution in [2.75, 3.05) is 0 Å². The molecule has 0 atom stereocenters. The SMILES string of the molecule is C=CCCC(=O)c1ccccc1-c1ncc(CCCC)o1. The molecule has 1 aromatic carbocycles. The maximum Gasteiger partial charge on any atom is 0.226 e. The predicted octanol–water partition coefficient (Wildman–Crippen LogP) is 4.83. The third-order valence-electron chi connectivity index (χ3n) is 3.36. The van der Waals surface area contributed by atoms with Crippen LogP contribution in [0.25, 0.3) is 11.5 Å². The number of Topliss-reactive ketones (excluding diaryl/α,β-unsaturated/α-hetero) is 1. The van der Waals surface area contributed by atoms with Gasteiger partial charge in [-0.05, 0) is 18.9 Å². The molecule has 2 rings (SSSR count). The van der Waals surface area contributed by atoms with Gasteiger partial charge in [0.15, 0.2) is 5.78 Å². The smallest absolute Gasteiger partial charge is 0.226 e. The third-order valence-corrected chi connectivity index (χ3v) is 3.36. The molecule has 0 N–H and O–H groups in total. The largest absolute Gasteiger partial charge is 0.441 e. The Morgan fingerprint density at radius 1 is 1.38 bits per heavy atom. The zero-order valence-corrected chi connectivity index (χ0v) is 12.5. The maximum atomic E-state index is 12.3. The molecule has 21 heavy (non-hydrogen) atoms. The summed E-state index contributed by atoms with van der Waals surface area (Å²) in [4.78, 5) is 16.6. The molecule has 1 aromatic heterocycles. The number of allylic oxidation sites excluding steroid dienone is 1. The Morgan fingerprint density at radius 2 is 2.19 bits per heavy atom. The topological polar surface area (TPSA) is 43.1 Å². The van der Waals surface area contributed by atoms with Crippen molar-refractivity contribution in [3.05, 3.63) is 54.4 Å². The average Bonchev–Trinajstić information content (AvgIpc) is 2.99. The van der Waals surface area contributed by atoms with Gasteiger partial charge in [0.25, 0.3) is 0 Å². The van der Waals surface area contributed by atoms with Crippen molar-refractivity contribution in [1.82, 2.24) is 4.98 Å². The molecule has 0 aliphatic rings. The highest BCUT2D eigenvalue weighted by atomic mass is 16.4. The lowest BCUT2D eigenvalue weighted by Crippen LogP contribution is -2.01. The Balaban J connectivity index is 2.25. The Hall–Kier alpha value is -2.16. The molecule has 3 nitrogen and oxygen atoms in total. The van der Waals surface area contributed by atoms with Crippen molar-refractivity contribution in [2.45, 2.75) is 39.0 Å². The minimum atomic E-state index is 0.0961. The molecule has 0 radical (unpaired) electrons. The van der Waals surface area contributed by atoms with Gasteiger partial charge in [-0.25, -0.2) is 4.98 Å². The number of benzene rings is 1. The summed E-state index contributed by atoms with van der Waals surface area (Å²) in [5.41, 5.74) is 1.44. The first-order valence-electron chi connectivity index (χ1n) is 7.44. The summed E-state index contributed by atoms with van der Waals surface area (Å²) < 4.78 is 5.78. The molecule has 0 aliphatic carbocycles. The van der Waals surface area contributed by atoms with Gasteiger partial charge >= 0.3 is 0 Å². The van der Waals surface area contributed by atoms with E-state index in [1.54, 1.807) is 12.3 Å². The van der Waals surface area contributed by atoms with Crippen molar-refractivity contribution < 1.29 is 9.21 Å². The van der Waals surface area contributed by atoms with Crippen LogP contribution in [-0.4, -0.2) is 10.8 Å². The lowest BCUT2D eigenvalue weighted by molar-refractivity contribution is 0.0984. The molecule has 0 saturated heterocycles. The van der Waals surface area contributed by atoms with Crippen LogP contribution in [0.5, 0.6) is 0 Å². The average molecular weight is 283 g/mol. The van der Waals surface area contributed by atoms with Gasteiger partial charge in [0.1, 0.15) is 5.76 Å². The lowest BCUT2D eigenvalue weighted by atomic mass is 10.0. The molecule has 1 heterocycles. The summed E-state index contributed by atoms with van der Waals surface area (Å²) in [6.07, 6.45) is 7.74. The van der Waals surface area contributed by atoms with E-state index in [0.29, 0.717) is 24.3 Å². The molecular weight excluding hydrogens is 262 g/mol. The first-order valence-corrected chi connectivity index (χ1v) is 7.44. The highest BCUT2D eigenvalue weighted by Crippen LogP contribution is 2.25. The van der Waals surface area contributed by atoms with E-state index in [4.69, 9.17) is 4.42 Å². The fourth-order valence-corrected chi connectivity index (χ4v) is 2.18. The molecule has 0 fully saturated rings. The summed E-state index contributed by atoms with van der Waals surface area (Å²) >= 11 is 0. The van der Waals surface area contributed by atoms with Gasteiger partial charge in [0, 0.05) is 24.0 Å². The van der Waals surface area contributed by atoms with Crippen molar-refractivity contribution in [3.63, 3.8) is 0 Å². The quantitative estimate of drug-likeness (QED) is 0.514. The summed E-state index contributed by atoms with van der Waals surface area (Å²) in [6, 6.07) is 7.48. The first kappa shape index (κ1) is 15.2. The zero-order valence-electron chi connectivity index (χ0n) is 12.5. The fraction of sp³-hybridized carbons (Fsp3) is 0.333. The summed E-state index contributed by atoms with van der Waals surface area (Å²) in [7, 11) is 0. The van der Waals surface area contributed by atoms with Crippen LogP contribution in [0.15, 0.2) is 47.5 Å². The molecule has 0 unspecified atom stereocenters. The second-order valence-corrected chi connectivity index (χ2v) is 5.03. The standard InChI is InChI=1S/C18H21NO2/c1-3-5-9-14-13-19-18(21-14)16-11-8-7-10-15(16)17(20)12-6-4-2/h4,7-8,10-11,13H,2-3,5-6,9,12H2,1H3. The van der Waals surface area contributed by atoms with Crippen LogP contribution in [0, 0.1) is 0 Å². The van der Waals surface area contributed by atoms with Crippen LogP contribution >= 0.6 is 0 Å². The Bertz CT molecular complexity index is 613. The Labute approximate surface area is 125 Å². The molecule has 0 aliphatic heterocycles. The molecule has 2 aromatic rings. The molecule has 0 spiro atoms. The number of carbonyl (C=O) groups excluding carboxylic acids is 1. The van der Waals surface area contributed by atoms with E-state index in [0.717, 1.165) is 30.6 Å². The third kappa shape index (κ3) is 3.91. The first-order chi connectivity index (χ1) is 10.3. The number of hydrogen-bond acceptors (Lipinski definition) is 3. The Kier molecular flexibility index (Phi) is 5.50. The molecule has 110 valence electrons. The van der Waals surface area contributed by atoms with Crippen molar-refractivity contribution >= 4 is 5.78 Å². The number of ketones is 1. The zero-order chi connectivity index (χ0) is 15.1. The van der Waals surface area contributed by atoms with Crippen molar-refractivity contribution in [2.24, 2.45) is 0 Å². The van der Waals surface area contributed by atoms with E-state index in [-0.39, 0.29) is 5.78 Å². The maximum absolute atomic E-state index is 12.3. The van der Waals surface area contributed by atoms with Gasteiger partial charge < -0.3 is 4.42 Å². The van der Waals surface area contributed by atoms with E-state index in [9.17, 15) is 4.79 Å². The van der Waals surface area contributed by atoms with Crippen molar-refractivity contribution in [3.8, 4) is 11.5 Å². The number of oxazole rings is 1. The number of unbranched alkanes of at least 4 members (excludes halogenated alkanes) is 1. The van der Waals surface area contributed by atoms with Gasteiger partial charge in [-0.15, -0.1) is 6.58 Å². The van der Waals surface area contributed by atoms with Gasteiger partial charge in [-0.1, -0.05) is 37.6 Å². The summed E-state index contributed by atoms with van der Waals surface area (Å²) in [5, 5.41) is 0. The summed E-state index contributed by atoms with van der Waals surface area (Å²) in [6.45, 7) is 5.80. The van der Waals surface area contributed by atoms with Gasteiger partial charge in [-0.3, -0.25) is 4.79 Å². The monoisotopic (exact) mass is 283 g/mol. The van der Waals surface area contributed by atoms with Gasteiger partial charge in [0.05, 0.1) is 6.20 Å². The molecule has 0 saturated carbocycles. The van der Waals surface area contributed by atoms with E-state index in [1.807, 2.05) is 24.3 Å². The van der Waals surface area contributed by atoms with Crippen LogP contribution in [0.2, 0.25) is 0 Å². The number of nitrogens with zero attached hydrogens (tertiary/aromatic N) is 1. The van der Waals surface area contributed by atoms with Crippen LogP contribution in [0.4, 0.5) is 0 Å². The minimum Gasteiger partial charge on any atom is -0.441 e. The Morgan fingerprint density at radius 3 is 2.95 bits per heavy atom. The van der Waals surface area contributed by atoms with E-state index >= 15 is 0 Å².